The fourth-order valence-corrected chi connectivity index (χ4v) is 3.80. The first kappa shape index (κ1) is 18.7. The van der Waals surface area contributed by atoms with Gasteiger partial charge in [0.15, 0.2) is 17.2 Å². The number of rotatable bonds is 4. The minimum atomic E-state index is -0.732. The van der Waals surface area contributed by atoms with E-state index in [2.05, 4.69) is 29.9 Å². The van der Waals surface area contributed by atoms with E-state index in [4.69, 9.17) is 4.42 Å². The molecule has 0 aliphatic carbocycles. The lowest BCUT2D eigenvalue weighted by Gasteiger charge is -2.30. The van der Waals surface area contributed by atoms with Gasteiger partial charge < -0.3 is 14.4 Å². The van der Waals surface area contributed by atoms with Crippen LogP contribution in [0.5, 0.6) is 0 Å². The van der Waals surface area contributed by atoms with Crippen LogP contribution in [0.2, 0.25) is 0 Å². The summed E-state index contributed by atoms with van der Waals surface area (Å²) in [6.45, 7) is 5.19. The van der Waals surface area contributed by atoms with Gasteiger partial charge in [-0.1, -0.05) is 6.07 Å². The van der Waals surface area contributed by atoms with Crippen LogP contribution in [0.25, 0.3) is 17.0 Å². The first-order valence-corrected chi connectivity index (χ1v) is 10.1. The molecule has 1 N–H and O–H groups in total. The summed E-state index contributed by atoms with van der Waals surface area (Å²) in [5.74, 6) is 2.15. The predicted octanol–water partition coefficient (Wildman–Crippen LogP) is 2.94. The van der Waals surface area contributed by atoms with Crippen LogP contribution in [-0.2, 0) is 0 Å². The van der Waals surface area contributed by atoms with Crippen molar-refractivity contribution in [3.8, 4) is 5.82 Å². The molecule has 5 rings (SSSR count). The molecule has 1 fully saturated rings. The molecule has 0 bridgehead atoms. The molecule has 4 aromatic rings. The second kappa shape index (κ2) is 7.49. The van der Waals surface area contributed by atoms with E-state index in [1.54, 1.807) is 17.8 Å². The number of nitrogens with zero attached hydrogens (tertiary/aromatic N) is 7. The summed E-state index contributed by atoms with van der Waals surface area (Å²) in [6.07, 6.45) is 2.74. The molecule has 1 atom stereocenters. The molecule has 1 aliphatic rings. The van der Waals surface area contributed by atoms with Crippen molar-refractivity contribution in [2.45, 2.75) is 38.7 Å². The molecule has 5 heterocycles. The van der Waals surface area contributed by atoms with Crippen LogP contribution in [0.3, 0.4) is 0 Å². The average Bonchev–Trinajstić information content (AvgIpc) is 3.39. The average molecular weight is 405 g/mol. The number of anilines is 1. The van der Waals surface area contributed by atoms with E-state index < -0.39 is 6.10 Å². The maximum Gasteiger partial charge on any atom is 0.299 e. The largest absolute Gasteiger partial charge is 0.422 e. The summed E-state index contributed by atoms with van der Waals surface area (Å²) < 4.78 is 7.67. The highest BCUT2D eigenvalue weighted by atomic mass is 16.4. The van der Waals surface area contributed by atoms with Gasteiger partial charge in [0.2, 0.25) is 5.65 Å². The zero-order valence-corrected chi connectivity index (χ0v) is 16.9. The van der Waals surface area contributed by atoms with Crippen LogP contribution in [0.15, 0.2) is 40.9 Å². The minimum absolute atomic E-state index is 0.202. The molecule has 0 spiro atoms. The SMILES string of the molecule is Cc1ccc2oc(N3CCC(c4nc(C(C)O)nn4-c4ccccn4)CC3)nc2n1. The van der Waals surface area contributed by atoms with Crippen molar-refractivity contribution in [3.05, 3.63) is 53.9 Å². The third-order valence-corrected chi connectivity index (χ3v) is 5.40. The van der Waals surface area contributed by atoms with E-state index in [1.165, 1.54) is 0 Å². The fourth-order valence-electron chi connectivity index (χ4n) is 3.80. The number of pyridine rings is 2. The normalized spacial score (nSPS) is 16.3. The third-order valence-electron chi connectivity index (χ3n) is 5.40. The van der Waals surface area contributed by atoms with Crippen molar-refractivity contribution in [3.63, 3.8) is 0 Å². The highest BCUT2D eigenvalue weighted by molar-refractivity contribution is 5.70. The Morgan fingerprint density at radius 1 is 1.10 bits per heavy atom. The van der Waals surface area contributed by atoms with Crippen molar-refractivity contribution in [1.29, 1.82) is 0 Å². The Bertz CT molecular complexity index is 1160. The van der Waals surface area contributed by atoms with E-state index in [0.29, 0.717) is 28.9 Å². The van der Waals surface area contributed by atoms with Gasteiger partial charge in [-0.25, -0.2) is 15.0 Å². The van der Waals surface area contributed by atoms with Gasteiger partial charge in [0.05, 0.1) is 0 Å². The molecule has 1 aliphatic heterocycles. The fraction of sp³-hybridized carbons (Fsp3) is 0.381. The lowest BCUT2D eigenvalue weighted by Crippen LogP contribution is -2.34. The van der Waals surface area contributed by atoms with Crippen LogP contribution < -0.4 is 4.90 Å². The topological polar surface area (TPSA) is 106 Å². The summed E-state index contributed by atoms with van der Waals surface area (Å²) in [6, 6.07) is 10.1. The Hall–Kier alpha value is -3.33. The number of aryl methyl sites for hydroxylation is 1. The maximum atomic E-state index is 9.99. The van der Waals surface area contributed by atoms with Crippen LogP contribution in [-0.4, -0.2) is 47.9 Å². The molecule has 30 heavy (non-hydrogen) atoms. The highest BCUT2D eigenvalue weighted by Gasteiger charge is 2.29. The zero-order chi connectivity index (χ0) is 20.7. The number of oxazole rings is 1. The predicted molar refractivity (Wildman–Crippen MR) is 111 cm³/mol. The molecule has 1 unspecified atom stereocenters. The van der Waals surface area contributed by atoms with Gasteiger partial charge in [-0.05, 0) is 51.0 Å². The van der Waals surface area contributed by atoms with Gasteiger partial charge in [0, 0.05) is 30.9 Å². The van der Waals surface area contributed by atoms with Gasteiger partial charge in [-0.3, -0.25) is 0 Å². The van der Waals surface area contributed by atoms with Gasteiger partial charge in [-0.2, -0.15) is 9.67 Å². The second-order valence-corrected chi connectivity index (χ2v) is 7.64. The van der Waals surface area contributed by atoms with E-state index in [9.17, 15) is 5.11 Å². The zero-order valence-electron chi connectivity index (χ0n) is 16.9. The summed E-state index contributed by atoms with van der Waals surface area (Å²) in [5, 5.41) is 14.5. The summed E-state index contributed by atoms with van der Waals surface area (Å²) in [7, 11) is 0. The van der Waals surface area contributed by atoms with Gasteiger partial charge >= 0.3 is 0 Å². The summed E-state index contributed by atoms with van der Waals surface area (Å²) >= 11 is 0. The quantitative estimate of drug-likeness (QED) is 0.552. The van der Waals surface area contributed by atoms with Crippen LogP contribution in [0, 0.1) is 6.92 Å². The number of aliphatic hydroxyl groups is 1. The van der Waals surface area contributed by atoms with Crippen molar-refractivity contribution < 1.29 is 9.52 Å². The Labute approximate surface area is 173 Å². The molecule has 0 radical (unpaired) electrons. The molecule has 9 nitrogen and oxygen atoms in total. The van der Waals surface area contributed by atoms with Gasteiger partial charge in [0.1, 0.15) is 11.9 Å². The number of fused-ring (bicyclic) bond motifs is 1. The van der Waals surface area contributed by atoms with Crippen molar-refractivity contribution in [2.24, 2.45) is 0 Å². The molecule has 0 saturated carbocycles. The molecule has 0 amide bonds. The molecule has 9 heteroatoms. The molecule has 0 aromatic carbocycles. The van der Waals surface area contributed by atoms with Crippen LogP contribution >= 0.6 is 0 Å². The summed E-state index contributed by atoms with van der Waals surface area (Å²) in [4.78, 5) is 20.2. The molecule has 154 valence electrons. The first-order valence-electron chi connectivity index (χ1n) is 10.1. The highest BCUT2D eigenvalue weighted by Crippen LogP contribution is 2.32. The van der Waals surface area contributed by atoms with E-state index in [1.807, 2.05) is 37.3 Å². The lowest BCUT2D eigenvalue weighted by atomic mass is 9.96. The molecule has 4 aromatic heterocycles. The van der Waals surface area contributed by atoms with E-state index >= 15 is 0 Å². The Morgan fingerprint density at radius 2 is 1.93 bits per heavy atom. The number of hydrogen-bond acceptors (Lipinski definition) is 8. The standard InChI is InChI=1S/C21H23N7O2/c1-13-6-7-16-19(23-13)25-21(30-16)27-11-8-15(9-12-27)20-24-18(14(2)29)26-28(20)17-5-3-4-10-22-17/h3-7,10,14-15,29H,8-9,11-12H2,1-2H3. The van der Waals surface area contributed by atoms with Crippen LogP contribution in [0.4, 0.5) is 6.01 Å². The van der Waals surface area contributed by atoms with Crippen LogP contribution in [0.1, 0.15) is 49.1 Å². The van der Waals surface area contributed by atoms with Gasteiger partial charge in [-0.15, -0.1) is 5.10 Å². The van der Waals surface area contributed by atoms with Crippen molar-refractivity contribution in [2.75, 3.05) is 18.0 Å². The van der Waals surface area contributed by atoms with Crippen molar-refractivity contribution in [1.82, 2.24) is 29.7 Å². The lowest BCUT2D eigenvalue weighted by molar-refractivity contribution is 0.189. The number of piperidine rings is 1. The summed E-state index contributed by atoms with van der Waals surface area (Å²) in [5.41, 5.74) is 2.27. The molecular weight excluding hydrogens is 382 g/mol. The minimum Gasteiger partial charge on any atom is -0.422 e. The molecule has 1 saturated heterocycles. The van der Waals surface area contributed by atoms with Gasteiger partial charge in [0.25, 0.3) is 6.01 Å². The molecular formula is C21H23N7O2. The van der Waals surface area contributed by atoms with E-state index in [0.717, 1.165) is 37.4 Å². The first-order chi connectivity index (χ1) is 14.6. The Morgan fingerprint density at radius 3 is 2.67 bits per heavy atom. The Kier molecular flexibility index (Phi) is 4.66. The maximum absolute atomic E-state index is 9.99. The second-order valence-electron chi connectivity index (χ2n) is 7.64. The number of aromatic nitrogens is 6. The number of aliphatic hydroxyl groups excluding tert-OH is 1. The monoisotopic (exact) mass is 405 g/mol. The smallest absolute Gasteiger partial charge is 0.299 e. The van der Waals surface area contributed by atoms with E-state index in [-0.39, 0.29) is 5.92 Å². The van der Waals surface area contributed by atoms with Crippen molar-refractivity contribution >= 4 is 17.2 Å². The number of hydrogen-bond donors (Lipinski definition) is 1. The Balaban J connectivity index is 1.38. The third kappa shape index (κ3) is 3.41.